The second kappa shape index (κ2) is 10.9. The number of hydrogen-bond acceptors (Lipinski definition) is 4. The number of fused-ring (bicyclic) bond motifs is 1. The molecule has 0 saturated heterocycles. The van der Waals surface area contributed by atoms with E-state index >= 15 is 0 Å². The number of imidazole rings is 1. The molecule has 2 aromatic heterocycles. The van der Waals surface area contributed by atoms with Crippen LogP contribution in [0.2, 0.25) is 10.0 Å². The molecule has 7 nitrogen and oxygen atoms in total. The molecule has 186 valence electrons. The summed E-state index contributed by atoms with van der Waals surface area (Å²) in [7, 11) is 2.00. The third kappa shape index (κ3) is 6.02. The highest BCUT2D eigenvalue weighted by Gasteiger charge is 2.14. The Hall–Kier alpha value is -4.07. The van der Waals surface area contributed by atoms with Gasteiger partial charge in [-0.2, -0.15) is 0 Å². The maximum Gasteiger partial charge on any atom is 0.319 e. The predicted octanol–water partition coefficient (Wildman–Crippen LogP) is 6.66. The minimum Gasteiger partial charge on any atom is -0.352 e. The first-order valence-corrected chi connectivity index (χ1v) is 12.4. The molecule has 2 amide bonds. The Morgan fingerprint density at radius 2 is 1.70 bits per heavy atom. The summed E-state index contributed by atoms with van der Waals surface area (Å²) in [6.45, 7) is 1.02. The van der Waals surface area contributed by atoms with Crippen molar-refractivity contribution in [3.8, 4) is 11.3 Å². The summed E-state index contributed by atoms with van der Waals surface area (Å²) in [5, 5.41) is 7.02. The van der Waals surface area contributed by atoms with Gasteiger partial charge in [0.15, 0.2) is 11.5 Å². The quantitative estimate of drug-likeness (QED) is 0.246. The molecule has 9 heteroatoms. The van der Waals surface area contributed by atoms with Gasteiger partial charge in [0.25, 0.3) is 0 Å². The van der Waals surface area contributed by atoms with Crippen LogP contribution < -0.4 is 15.5 Å². The molecule has 0 saturated carbocycles. The lowest BCUT2D eigenvalue weighted by molar-refractivity contribution is 0.251. The molecule has 0 spiro atoms. The van der Waals surface area contributed by atoms with Gasteiger partial charge in [-0.05, 0) is 53.6 Å². The van der Waals surface area contributed by atoms with Gasteiger partial charge in [-0.15, -0.1) is 0 Å². The van der Waals surface area contributed by atoms with E-state index in [1.54, 1.807) is 30.5 Å². The van der Waals surface area contributed by atoms with Crippen LogP contribution in [0.15, 0.2) is 91.4 Å². The standard InChI is InChI=1S/C28H24Cl2N6O/c1-35(17-19-5-7-22(29)8-6-19)27-26-31-13-14-36(26)18-25(34-27)21-4-2-3-20(15-21)16-32-28(37)33-24-11-9-23(30)10-12-24/h2-15,18H,16-17H2,1H3,(H2,32,33,37). The van der Waals surface area contributed by atoms with Gasteiger partial charge in [-0.25, -0.2) is 14.8 Å². The molecule has 3 aromatic carbocycles. The summed E-state index contributed by atoms with van der Waals surface area (Å²) in [5.74, 6) is 0.767. The SMILES string of the molecule is CN(Cc1ccc(Cl)cc1)c1nc(-c2cccc(CNC(=O)Nc3ccc(Cl)cc3)c2)cn2ccnc12. The zero-order valence-electron chi connectivity index (χ0n) is 20.0. The van der Waals surface area contributed by atoms with E-state index in [0.717, 1.165) is 33.8 Å². The lowest BCUT2D eigenvalue weighted by Crippen LogP contribution is -2.28. The minimum absolute atomic E-state index is 0.295. The molecule has 0 fully saturated rings. The summed E-state index contributed by atoms with van der Waals surface area (Å²) in [6, 6.07) is 22.4. The van der Waals surface area contributed by atoms with Gasteiger partial charge in [0.1, 0.15) is 0 Å². The Morgan fingerprint density at radius 1 is 0.973 bits per heavy atom. The predicted molar refractivity (Wildman–Crippen MR) is 149 cm³/mol. The smallest absolute Gasteiger partial charge is 0.319 e. The lowest BCUT2D eigenvalue weighted by atomic mass is 10.1. The molecule has 0 atom stereocenters. The van der Waals surface area contributed by atoms with Crippen LogP contribution >= 0.6 is 23.2 Å². The fraction of sp³-hybridized carbons (Fsp3) is 0.107. The third-order valence-corrected chi connectivity index (χ3v) is 6.33. The minimum atomic E-state index is -0.295. The summed E-state index contributed by atoms with van der Waals surface area (Å²) >= 11 is 11.9. The van der Waals surface area contributed by atoms with Crippen LogP contribution in [0.3, 0.4) is 0 Å². The number of rotatable bonds is 7. The van der Waals surface area contributed by atoms with Crippen molar-refractivity contribution in [2.45, 2.75) is 13.1 Å². The van der Waals surface area contributed by atoms with Gasteiger partial charge < -0.3 is 19.9 Å². The van der Waals surface area contributed by atoms with Crippen LogP contribution in [-0.4, -0.2) is 27.4 Å². The first-order chi connectivity index (χ1) is 17.9. The highest BCUT2D eigenvalue weighted by Crippen LogP contribution is 2.26. The van der Waals surface area contributed by atoms with Crippen LogP contribution in [0.5, 0.6) is 0 Å². The Labute approximate surface area is 224 Å². The van der Waals surface area contributed by atoms with Gasteiger partial charge in [0.05, 0.1) is 5.69 Å². The molecule has 0 aliphatic carbocycles. The van der Waals surface area contributed by atoms with Crippen molar-refractivity contribution in [3.05, 3.63) is 113 Å². The molecule has 2 heterocycles. The number of carbonyl (C=O) groups is 1. The number of anilines is 2. The van der Waals surface area contributed by atoms with Gasteiger partial charge >= 0.3 is 6.03 Å². The number of carbonyl (C=O) groups excluding carboxylic acids is 1. The molecular weight excluding hydrogens is 507 g/mol. The van der Waals surface area contributed by atoms with E-state index in [9.17, 15) is 4.79 Å². The van der Waals surface area contributed by atoms with Crippen LogP contribution in [0.1, 0.15) is 11.1 Å². The molecule has 0 aliphatic rings. The van der Waals surface area contributed by atoms with E-state index in [1.807, 2.05) is 72.4 Å². The largest absolute Gasteiger partial charge is 0.352 e. The number of nitrogens with zero attached hydrogens (tertiary/aromatic N) is 4. The second-order valence-electron chi connectivity index (χ2n) is 8.61. The molecule has 2 N–H and O–H groups in total. The van der Waals surface area contributed by atoms with E-state index in [-0.39, 0.29) is 6.03 Å². The van der Waals surface area contributed by atoms with Crippen molar-refractivity contribution in [1.29, 1.82) is 0 Å². The number of halogens is 2. The number of hydrogen-bond donors (Lipinski definition) is 2. The van der Waals surface area contributed by atoms with Crippen molar-refractivity contribution < 1.29 is 4.79 Å². The molecule has 37 heavy (non-hydrogen) atoms. The van der Waals surface area contributed by atoms with Crippen molar-refractivity contribution >= 4 is 46.4 Å². The van der Waals surface area contributed by atoms with E-state index < -0.39 is 0 Å². The first kappa shape index (κ1) is 24.6. The zero-order chi connectivity index (χ0) is 25.8. The summed E-state index contributed by atoms with van der Waals surface area (Å²) in [5.41, 5.74) is 5.26. The summed E-state index contributed by atoms with van der Waals surface area (Å²) in [6.07, 6.45) is 5.63. The van der Waals surface area contributed by atoms with Crippen molar-refractivity contribution in [3.63, 3.8) is 0 Å². The monoisotopic (exact) mass is 530 g/mol. The average Bonchev–Trinajstić information content (AvgIpc) is 3.39. The van der Waals surface area contributed by atoms with Gasteiger partial charge in [0, 0.05) is 60.0 Å². The second-order valence-corrected chi connectivity index (χ2v) is 9.48. The maximum absolute atomic E-state index is 12.3. The van der Waals surface area contributed by atoms with E-state index in [0.29, 0.717) is 28.8 Å². The fourth-order valence-corrected chi connectivity index (χ4v) is 4.23. The first-order valence-electron chi connectivity index (χ1n) is 11.6. The van der Waals surface area contributed by atoms with E-state index in [2.05, 4.69) is 20.5 Å². The van der Waals surface area contributed by atoms with E-state index in [1.165, 1.54) is 0 Å². The molecular formula is C28H24Cl2N6O. The molecule has 0 radical (unpaired) electrons. The highest BCUT2D eigenvalue weighted by atomic mass is 35.5. The van der Waals surface area contributed by atoms with Crippen LogP contribution in [0.25, 0.3) is 16.9 Å². The number of benzene rings is 3. The average molecular weight is 531 g/mol. The highest BCUT2D eigenvalue weighted by molar-refractivity contribution is 6.30. The van der Waals surface area contributed by atoms with Crippen LogP contribution in [0, 0.1) is 0 Å². The van der Waals surface area contributed by atoms with Gasteiger partial charge in [0.2, 0.25) is 0 Å². The summed E-state index contributed by atoms with van der Waals surface area (Å²) < 4.78 is 1.97. The summed E-state index contributed by atoms with van der Waals surface area (Å²) in [4.78, 5) is 23.9. The number of urea groups is 1. The van der Waals surface area contributed by atoms with Crippen LogP contribution in [-0.2, 0) is 13.1 Å². The number of aromatic nitrogens is 3. The van der Waals surface area contributed by atoms with Crippen molar-refractivity contribution in [1.82, 2.24) is 19.7 Å². The van der Waals surface area contributed by atoms with Gasteiger partial charge in [-0.1, -0.05) is 53.5 Å². The Morgan fingerprint density at radius 3 is 2.46 bits per heavy atom. The fourth-order valence-electron chi connectivity index (χ4n) is 3.98. The topological polar surface area (TPSA) is 74.6 Å². The van der Waals surface area contributed by atoms with Crippen molar-refractivity contribution in [2.24, 2.45) is 0 Å². The molecule has 0 unspecified atom stereocenters. The normalized spacial score (nSPS) is 10.9. The van der Waals surface area contributed by atoms with Crippen LogP contribution in [0.4, 0.5) is 16.3 Å². The molecule has 0 aliphatic heterocycles. The number of amides is 2. The molecule has 5 rings (SSSR count). The van der Waals surface area contributed by atoms with Crippen molar-refractivity contribution in [2.75, 3.05) is 17.3 Å². The Kier molecular flexibility index (Phi) is 7.25. The Bertz CT molecular complexity index is 1530. The zero-order valence-corrected chi connectivity index (χ0v) is 21.5. The van der Waals surface area contributed by atoms with Gasteiger partial charge in [-0.3, -0.25) is 0 Å². The molecule has 0 bridgehead atoms. The maximum atomic E-state index is 12.3. The van der Waals surface area contributed by atoms with E-state index in [4.69, 9.17) is 28.2 Å². The number of nitrogens with one attached hydrogen (secondary N) is 2. The third-order valence-electron chi connectivity index (χ3n) is 5.83. The molecule has 5 aromatic rings. The Balaban J connectivity index is 1.34. The lowest BCUT2D eigenvalue weighted by Gasteiger charge is -2.20.